The number of carbonyl (C=O) groups excluding carboxylic acids is 3. The Hall–Kier alpha value is -3.41. The second-order valence-corrected chi connectivity index (χ2v) is 20.9. The van der Waals surface area contributed by atoms with E-state index in [1.807, 2.05) is 0 Å². The van der Waals surface area contributed by atoms with E-state index in [1.165, 1.54) is 161 Å². The smallest absolute Gasteiger partial charge is 0.306 e. The predicted octanol–water partition coefficient (Wildman–Crippen LogP) is 21.5. The Morgan fingerprint density at radius 1 is 0.284 bits per heavy atom. The van der Waals surface area contributed by atoms with Crippen molar-refractivity contribution in [3.8, 4) is 0 Å². The maximum atomic E-state index is 12.8. The lowest BCUT2D eigenvalue weighted by atomic mass is 10.0. The number of carbonyl (C=O) groups is 3. The van der Waals surface area contributed by atoms with E-state index in [1.54, 1.807) is 0 Å². The van der Waals surface area contributed by atoms with E-state index in [0.29, 0.717) is 19.3 Å². The summed E-state index contributed by atoms with van der Waals surface area (Å²) >= 11 is 0. The summed E-state index contributed by atoms with van der Waals surface area (Å²) in [5, 5.41) is 0. The van der Waals surface area contributed by atoms with Gasteiger partial charge in [-0.25, -0.2) is 0 Å². The molecule has 0 fully saturated rings. The maximum absolute atomic E-state index is 12.8. The van der Waals surface area contributed by atoms with Crippen LogP contribution in [0.4, 0.5) is 0 Å². The number of allylic oxidation sites excluding steroid dienone is 14. The Morgan fingerprint density at radius 3 is 0.838 bits per heavy atom. The molecule has 0 aliphatic rings. The van der Waals surface area contributed by atoms with Gasteiger partial charge in [0, 0.05) is 19.3 Å². The molecule has 0 aromatic heterocycles. The lowest BCUT2D eigenvalue weighted by Crippen LogP contribution is -2.30. The fourth-order valence-corrected chi connectivity index (χ4v) is 8.91. The van der Waals surface area contributed by atoms with Gasteiger partial charge in [-0.15, -0.1) is 0 Å². The number of ether oxygens (including phenoxy) is 3. The highest BCUT2D eigenvalue weighted by molar-refractivity contribution is 5.71. The van der Waals surface area contributed by atoms with Crippen LogP contribution in [-0.4, -0.2) is 37.2 Å². The fourth-order valence-electron chi connectivity index (χ4n) is 8.91. The molecule has 426 valence electrons. The van der Waals surface area contributed by atoms with Crippen LogP contribution < -0.4 is 0 Å². The minimum absolute atomic E-state index is 0.0762. The van der Waals surface area contributed by atoms with Crippen molar-refractivity contribution in [1.82, 2.24) is 0 Å². The molecule has 0 aromatic carbocycles. The van der Waals surface area contributed by atoms with E-state index in [-0.39, 0.29) is 31.1 Å². The summed E-state index contributed by atoms with van der Waals surface area (Å²) in [4.78, 5) is 38.2. The number of rotatable bonds is 57. The minimum atomic E-state index is -0.778. The van der Waals surface area contributed by atoms with Crippen molar-refractivity contribution in [1.29, 1.82) is 0 Å². The topological polar surface area (TPSA) is 78.9 Å². The molecule has 0 rings (SSSR count). The predicted molar refractivity (Wildman–Crippen MR) is 321 cm³/mol. The second kappa shape index (κ2) is 62.1. The van der Waals surface area contributed by atoms with Gasteiger partial charge in [-0.2, -0.15) is 0 Å². The lowest BCUT2D eigenvalue weighted by molar-refractivity contribution is -0.167. The lowest BCUT2D eigenvalue weighted by Gasteiger charge is -2.18. The van der Waals surface area contributed by atoms with Crippen molar-refractivity contribution in [3.05, 3.63) is 85.1 Å². The van der Waals surface area contributed by atoms with E-state index in [9.17, 15) is 14.4 Å². The third-order valence-electron chi connectivity index (χ3n) is 13.6. The Labute approximate surface area is 458 Å². The molecule has 0 N–H and O–H groups in total. The molecule has 0 aliphatic carbocycles. The Balaban J connectivity index is 4.17. The number of hydrogen-bond acceptors (Lipinski definition) is 6. The molecule has 6 nitrogen and oxygen atoms in total. The van der Waals surface area contributed by atoms with Crippen LogP contribution >= 0.6 is 0 Å². The quantitative estimate of drug-likeness (QED) is 0.0261. The number of esters is 3. The third kappa shape index (κ3) is 59.5. The largest absolute Gasteiger partial charge is 0.462 e. The zero-order valence-electron chi connectivity index (χ0n) is 48.8. The molecule has 0 amide bonds. The molecule has 1 unspecified atom stereocenters. The van der Waals surface area contributed by atoms with Crippen molar-refractivity contribution in [2.24, 2.45) is 0 Å². The zero-order chi connectivity index (χ0) is 53.6. The van der Waals surface area contributed by atoms with Crippen LogP contribution in [0.25, 0.3) is 0 Å². The number of unbranched alkanes of at least 4 members (excludes halogenated alkanes) is 32. The van der Waals surface area contributed by atoms with Crippen molar-refractivity contribution in [2.75, 3.05) is 13.2 Å². The summed E-state index contributed by atoms with van der Waals surface area (Å²) in [5.74, 6) is -0.877. The number of hydrogen-bond donors (Lipinski definition) is 0. The van der Waals surface area contributed by atoms with Crippen molar-refractivity contribution in [3.63, 3.8) is 0 Å². The van der Waals surface area contributed by atoms with Gasteiger partial charge in [0.1, 0.15) is 13.2 Å². The van der Waals surface area contributed by atoms with Crippen LogP contribution in [-0.2, 0) is 28.6 Å². The summed E-state index contributed by atoms with van der Waals surface area (Å²) in [7, 11) is 0. The third-order valence-corrected chi connectivity index (χ3v) is 13.6. The second-order valence-electron chi connectivity index (χ2n) is 20.9. The van der Waals surface area contributed by atoms with Gasteiger partial charge in [-0.05, 0) is 96.3 Å². The first-order valence-electron chi connectivity index (χ1n) is 31.6. The Bertz CT molecular complexity index is 1420. The average molecular weight is 1030 g/mol. The van der Waals surface area contributed by atoms with Gasteiger partial charge in [0.2, 0.25) is 0 Å². The monoisotopic (exact) mass is 1030 g/mol. The summed E-state index contributed by atoms with van der Waals surface area (Å²) in [6.45, 7) is 6.52. The Morgan fingerprint density at radius 2 is 0.527 bits per heavy atom. The molecule has 0 saturated heterocycles. The van der Waals surface area contributed by atoms with Gasteiger partial charge in [0.25, 0.3) is 0 Å². The highest BCUT2D eigenvalue weighted by Crippen LogP contribution is 2.16. The van der Waals surface area contributed by atoms with Gasteiger partial charge in [-0.1, -0.05) is 279 Å². The van der Waals surface area contributed by atoms with Crippen LogP contribution in [0.2, 0.25) is 0 Å². The molecule has 6 heteroatoms. The van der Waals surface area contributed by atoms with Crippen LogP contribution in [0.5, 0.6) is 0 Å². The van der Waals surface area contributed by atoms with E-state index < -0.39 is 6.10 Å². The van der Waals surface area contributed by atoms with Crippen LogP contribution in [0.1, 0.15) is 310 Å². The van der Waals surface area contributed by atoms with E-state index in [2.05, 4.69) is 106 Å². The van der Waals surface area contributed by atoms with Crippen LogP contribution in [0, 0.1) is 0 Å². The average Bonchev–Trinajstić information content (AvgIpc) is 3.40. The van der Waals surface area contributed by atoms with Crippen molar-refractivity contribution >= 4 is 17.9 Å². The van der Waals surface area contributed by atoms with Crippen molar-refractivity contribution in [2.45, 2.75) is 316 Å². The molecule has 0 bridgehead atoms. The molecule has 0 heterocycles. The minimum Gasteiger partial charge on any atom is -0.462 e. The van der Waals surface area contributed by atoms with Gasteiger partial charge < -0.3 is 14.2 Å². The first-order valence-corrected chi connectivity index (χ1v) is 31.6. The molecule has 0 saturated carbocycles. The normalized spacial score (nSPS) is 12.6. The van der Waals surface area contributed by atoms with Crippen LogP contribution in [0.3, 0.4) is 0 Å². The maximum Gasteiger partial charge on any atom is 0.306 e. The van der Waals surface area contributed by atoms with Gasteiger partial charge in [-0.3, -0.25) is 14.4 Å². The van der Waals surface area contributed by atoms with Crippen molar-refractivity contribution < 1.29 is 28.6 Å². The summed E-state index contributed by atoms with van der Waals surface area (Å²) in [6.07, 6.45) is 81.7. The SMILES string of the molecule is CC/C=C\C/C=C\C/C=C\C/C=C\C/C=C\C/C=C\CCCCCCCCCCCCCCC(=O)OCC(COC(=O)CCCCCCCCCCCCC)OC(=O)CCCCCCC/C=C\CCCCCCC. The van der Waals surface area contributed by atoms with E-state index in [0.717, 1.165) is 109 Å². The van der Waals surface area contributed by atoms with Crippen LogP contribution in [0.15, 0.2) is 85.1 Å². The molecule has 74 heavy (non-hydrogen) atoms. The zero-order valence-corrected chi connectivity index (χ0v) is 48.8. The molecular formula is C68H118O6. The summed E-state index contributed by atoms with van der Waals surface area (Å²) < 4.78 is 16.9. The highest BCUT2D eigenvalue weighted by atomic mass is 16.6. The van der Waals surface area contributed by atoms with Gasteiger partial charge >= 0.3 is 17.9 Å². The van der Waals surface area contributed by atoms with Gasteiger partial charge in [0.05, 0.1) is 0 Å². The molecule has 0 aromatic rings. The standard InChI is InChI=1S/C68H118O6/c1-4-7-10-13-16-19-22-24-26-27-28-29-30-31-32-33-34-35-36-37-38-39-40-41-42-44-46-49-52-55-58-61-67(70)73-64-65(63-72-66(69)60-57-54-51-48-45-21-18-15-12-9-6-3)74-68(71)62-59-56-53-50-47-43-25-23-20-17-14-11-8-5-2/h7,10,16,19,23-26,28-29,31-32,34-35,65H,4-6,8-9,11-15,17-18,20-22,27,30,33,36-64H2,1-3H3/b10-7-,19-16-,25-23-,26-24-,29-28-,32-31-,35-34-. The molecule has 1 atom stereocenters. The first kappa shape index (κ1) is 70.6. The van der Waals surface area contributed by atoms with E-state index >= 15 is 0 Å². The molecule has 0 radical (unpaired) electrons. The molecule has 0 spiro atoms. The fraction of sp³-hybridized carbons (Fsp3) is 0.750. The van der Waals surface area contributed by atoms with Gasteiger partial charge in [0.15, 0.2) is 6.10 Å². The Kier molecular flexibility index (Phi) is 59.3. The first-order chi connectivity index (χ1) is 36.5. The molecular weight excluding hydrogens is 913 g/mol. The molecule has 0 aliphatic heterocycles. The highest BCUT2D eigenvalue weighted by Gasteiger charge is 2.19. The summed E-state index contributed by atoms with van der Waals surface area (Å²) in [6, 6.07) is 0. The van der Waals surface area contributed by atoms with E-state index in [4.69, 9.17) is 14.2 Å². The summed E-state index contributed by atoms with van der Waals surface area (Å²) in [5.41, 5.74) is 0.